The number of rotatable bonds is 9. The summed E-state index contributed by atoms with van der Waals surface area (Å²) in [5, 5.41) is 2.79. The van der Waals surface area contributed by atoms with Crippen molar-refractivity contribution in [3.05, 3.63) is 46.8 Å². The third-order valence-corrected chi connectivity index (χ3v) is 4.71. The van der Waals surface area contributed by atoms with Gasteiger partial charge in [-0.2, -0.15) is 0 Å². The van der Waals surface area contributed by atoms with Gasteiger partial charge < -0.3 is 19.9 Å². The number of aryl methyl sites for hydroxylation is 1. The van der Waals surface area contributed by atoms with Crippen molar-refractivity contribution in [2.75, 3.05) is 25.5 Å². The van der Waals surface area contributed by atoms with Gasteiger partial charge in [-0.15, -0.1) is 0 Å². The van der Waals surface area contributed by atoms with Crippen LogP contribution in [0.5, 0.6) is 5.75 Å². The lowest BCUT2D eigenvalue weighted by Gasteiger charge is -2.20. The molecule has 0 aliphatic rings. The molecule has 2 aromatic rings. The summed E-state index contributed by atoms with van der Waals surface area (Å²) in [6, 6.07) is 7.03. The maximum Gasteiger partial charge on any atom is 0.271 e. The van der Waals surface area contributed by atoms with Crippen LogP contribution in [0.2, 0.25) is 0 Å². The summed E-state index contributed by atoms with van der Waals surface area (Å²) < 4.78 is 5.16. The second-order valence-corrected chi connectivity index (χ2v) is 6.88. The summed E-state index contributed by atoms with van der Waals surface area (Å²) in [5.41, 5.74) is 2.98. The third-order valence-electron chi connectivity index (χ3n) is 4.71. The summed E-state index contributed by atoms with van der Waals surface area (Å²) in [5.74, 6) is -0.0259. The second-order valence-electron chi connectivity index (χ2n) is 6.88. The third kappa shape index (κ3) is 5.25. The number of Topliss-reactive ketones (excluding diaryl/α,β-unsaturated/α-hetero) is 1. The number of hydrogen-bond donors (Lipinski definition) is 2. The smallest absolute Gasteiger partial charge is 0.271 e. The summed E-state index contributed by atoms with van der Waals surface area (Å²) in [6.07, 6.45) is 1.42. The number of carbonyl (C=O) groups excluding carboxylic acids is 3. The van der Waals surface area contributed by atoms with Crippen molar-refractivity contribution >= 4 is 23.3 Å². The molecule has 7 nitrogen and oxygen atoms in total. The fourth-order valence-corrected chi connectivity index (χ4v) is 3.40. The molecule has 7 heteroatoms. The Bertz CT molecular complexity index is 901. The van der Waals surface area contributed by atoms with Gasteiger partial charge in [0.25, 0.3) is 5.91 Å². The largest absolute Gasteiger partial charge is 0.497 e. The SMILES string of the molecule is CCCc1c(C(=O)N(CC)CC(=O)Nc2cccc(OC)c2)[nH]c(C)c1C(C)=O. The number of H-pyrrole nitrogens is 1. The van der Waals surface area contributed by atoms with Crippen LogP contribution in [0.4, 0.5) is 5.69 Å². The maximum absolute atomic E-state index is 13.1. The van der Waals surface area contributed by atoms with E-state index in [0.717, 1.165) is 12.0 Å². The Balaban J connectivity index is 2.21. The molecule has 1 aromatic heterocycles. The molecule has 2 N–H and O–H groups in total. The van der Waals surface area contributed by atoms with E-state index >= 15 is 0 Å². The van der Waals surface area contributed by atoms with Crippen LogP contribution in [0.25, 0.3) is 0 Å². The Morgan fingerprint density at radius 1 is 1.21 bits per heavy atom. The van der Waals surface area contributed by atoms with Crippen LogP contribution < -0.4 is 10.1 Å². The highest BCUT2D eigenvalue weighted by atomic mass is 16.5. The van der Waals surface area contributed by atoms with Gasteiger partial charge in [-0.1, -0.05) is 19.4 Å². The number of carbonyl (C=O) groups is 3. The van der Waals surface area contributed by atoms with Gasteiger partial charge in [-0.25, -0.2) is 0 Å². The standard InChI is InChI=1S/C22H29N3O4/c1-6-9-18-20(15(4)26)14(3)23-21(18)22(28)25(7-2)13-19(27)24-16-10-8-11-17(12-16)29-5/h8,10-12,23H,6-7,9,13H2,1-5H3,(H,24,27). The van der Waals surface area contributed by atoms with Gasteiger partial charge in [-0.05, 0) is 44.9 Å². The van der Waals surface area contributed by atoms with Crippen molar-refractivity contribution in [2.24, 2.45) is 0 Å². The lowest BCUT2D eigenvalue weighted by Crippen LogP contribution is -2.38. The van der Waals surface area contributed by atoms with E-state index in [0.29, 0.717) is 41.4 Å². The van der Waals surface area contributed by atoms with E-state index in [2.05, 4.69) is 10.3 Å². The lowest BCUT2D eigenvalue weighted by molar-refractivity contribution is -0.116. The zero-order valence-electron chi connectivity index (χ0n) is 17.7. The molecule has 0 radical (unpaired) electrons. The minimum Gasteiger partial charge on any atom is -0.497 e. The Hall–Kier alpha value is -3.09. The molecule has 0 atom stereocenters. The van der Waals surface area contributed by atoms with E-state index < -0.39 is 0 Å². The van der Waals surface area contributed by atoms with Crippen molar-refractivity contribution in [2.45, 2.75) is 40.5 Å². The molecule has 1 aromatic carbocycles. The fourth-order valence-electron chi connectivity index (χ4n) is 3.40. The molecular weight excluding hydrogens is 370 g/mol. The predicted molar refractivity (Wildman–Crippen MR) is 113 cm³/mol. The van der Waals surface area contributed by atoms with Crippen LogP contribution in [0.1, 0.15) is 59.3 Å². The van der Waals surface area contributed by atoms with E-state index in [1.807, 2.05) is 13.8 Å². The highest BCUT2D eigenvalue weighted by Crippen LogP contribution is 2.23. The van der Waals surface area contributed by atoms with Crippen LogP contribution >= 0.6 is 0 Å². The Kier molecular flexibility index (Phi) is 7.59. The molecule has 29 heavy (non-hydrogen) atoms. The van der Waals surface area contributed by atoms with Gasteiger partial charge in [0.2, 0.25) is 5.91 Å². The molecule has 0 aliphatic heterocycles. The number of methoxy groups -OCH3 is 1. The first kappa shape index (κ1) is 22.2. The highest BCUT2D eigenvalue weighted by Gasteiger charge is 2.26. The van der Waals surface area contributed by atoms with Gasteiger partial charge in [0.05, 0.1) is 7.11 Å². The number of aromatic amines is 1. The van der Waals surface area contributed by atoms with Gasteiger partial charge in [-0.3, -0.25) is 14.4 Å². The topological polar surface area (TPSA) is 91.5 Å². The van der Waals surface area contributed by atoms with Crippen molar-refractivity contribution in [3.8, 4) is 5.75 Å². The van der Waals surface area contributed by atoms with Crippen LogP contribution in [0.3, 0.4) is 0 Å². The van der Waals surface area contributed by atoms with Crippen molar-refractivity contribution < 1.29 is 19.1 Å². The molecule has 2 amide bonds. The number of hydrogen-bond acceptors (Lipinski definition) is 4. The van der Waals surface area contributed by atoms with Crippen molar-refractivity contribution in [1.82, 2.24) is 9.88 Å². The number of nitrogens with zero attached hydrogens (tertiary/aromatic N) is 1. The van der Waals surface area contributed by atoms with Crippen LogP contribution in [-0.4, -0.2) is 47.7 Å². The number of likely N-dealkylation sites (N-methyl/N-ethyl adjacent to an activating group) is 1. The first-order valence-corrected chi connectivity index (χ1v) is 9.77. The van der Waals surface area contributed by atoms with Crippen LogP contribution in [0, 0.1) is 6.92 Å². The monoisotopic (exact) mass is 399 g/mol. The average Bonchev–Trinajstić information content (AvgIpc) is 3.02. The molecule has 0 fully saturated rings. The Morgan fingerprint density at radius 3 is 2.52 bits per heavy atom. The van der Waals surface area contributed by atoms with Crippen molar-refractivity contribution in [1.29, 1.82) is 0 Å². The molecule has 0 bridgehead atoms. The maximum atomic E-state index is 13.1. The first-order valence-electron chi connectivity index (χ1n) is 9.77. The van der Waals surface area contributed by atoms with Gasteiger partial charge in [0, 0.05) is 29.6 Å². The summed E-state index contributed by atoms with van der Waals surface area (Å²) >= 11 is 0. The average molecular weight is 399 g/mol. The Morgan fingerprint density at radius 2 is 1.93 bits per heavy atom. The van der Waals surface area contributed by atoms with E-state index in [1.165, 1.54) is 11.8 Å². The minimum absolute atomic E-state index is 0.0694. The number of ketones is 1. The van der Waals surface area contributed by atoms with E-state index in [1.54, 1.807) is 38.3 Å². The normalized spacial score (nSPS) is 10.5. The van der Waals surface area contributed by atoms with Gasteiger partial charge in [0.15, 0.2) is 5.78 Å². The van der Waals surface area contributed by atoms with E-state index in [9.17, 15) is 14.4 Å². The molecule has 0 saturated carbocycles. The molecule has 1 heterocycles. The Labute approximate surface area is 171 Å². The fraction of sp³-hybridized carbons (Fsp3) is 0.409. The van der Waals surface area contributed by atoms with Gasteiger partial charge >= 0.3 is 0 Å². The van der Waals surface area contributed by atoms with Gasteiger partial charge in [0.1, 0.15) is 18.0 Å². The number of aromatic nitrogens is 1. The number of amides is 2. The number of ether oxygens (including phenoxy) is 1. The molecule has 0 aliphatic carbocycles. The lowest BCUT2D eigenvalue weighted by atomic mass is 10.0. The minimum atomic E-state index is -0.305. The number of benzene rings is 1. The molecular formula is C22H29N3O4. The predicted octanol–water partition coefficient (Wildman–Crippen LogP) is 3.59. The summed E-state index contributed by atoms with van der Waals surface area (Å²) in [7, 11) is 1.56. The quantitative estimate of drug-likeness (QED) is 0.631. The molecule has 0 saturated heterocycles. The zero-order valence-corrected chi connectivity index (χ0v) is 17.7. The van der Waals surface area contributed by atoms with E-state index in [-0.39, 0.29) is 24.1 Å². The molecule has 2 rings (SSSR count). The highest BCUT2D eigenvalue weighted by molar-refractivity contribution is 6.04. The van der Waals surface area contributed by atoms with Crippen LogP contribution in [0.15, 0.2) is 24.3 Å². The summed E-state index contributed by atoms with van der Waals surface area (Å²) in [6.45, 7) is 7.38. The van der Waals surface area contributed by atoms with Crippen molar-refractivity contribution in [3.63, 3.8) is 0 Å². The second kappa shape index (κ2) is 9.91. The number of anilines is 1. The van der Waals surface area contributed by atoms with Crippen LogP contribution in [-0.2, 0) is 11.2 Å². The molecule has 0 spiro atoms. The molecule has 0 unspecified atom stereocenters. The number of nitrogens with one attached hydrogen (secondary N) is 2. The van der Waals surface area contributed by atoms with E-state index in [4.69, 9.17) is 4.74 Å². The zero-order chi connectivity index (χ0) is 21.6. The first-order chi connectivity index (χ1) is 13.8. The summed E-state index contributed by atoms with van der Waals surface area (Å²) in [4.78, 5) is 42.2. The molecule has 156 valence electrons.